The number of esters is 1. The maximum Gasteiger partial charge on any atom is 0.347 e. The number of nitrogens with zero attached hydrogens (tertiary/aromatic N) is 1. The lowest BCUT2D eigenvalue weighted by atomic mass is 10.1. The van der Waals surface area contributed by atoms with Crippen molar-refractivity contribution in [2.24, 2.45) is 5.92 Å². The molecular weight excluding hydrogens is 384 g/mol. The molecule has 0 aliphatic rings. The predicted molar refractivity (Wildman–Crippen MR) is 111 cm³/mol. The van der Waals surface area contributed by atoms with Crippen LogP contribution in [0.5, 0.6) is 5.75 Å². The SMILES string of the molecule is CC(C)C(=O)Nc1ccc(C(=O)[C@H](C)OC(=O)[C@H](C)Oc2ccc(C#N)cc2)cc1. The average molecular weight is 408 g/mol. The molecule has 0 bridgehead atoms. The number of benzene rings is 2. The summed E-state index contributed by atoms with van der Waals surface area (Å²) in [6.07, 6.45) is -1.93. The molecule has 0 fully saturated rings. The van der Waals surface area contributed by atoms with Gasteiger partial charge in [0, 0.05) is 17.2 Å². The molecule has 7 heteroatoms. The Balaban J connectivity index is 1.92. The number of carbonyl (C=O) groups is 3. The zero-order chi connectivity index (χ0) is 22.3. The Kier molecular flexibility index (Phi) is 7.70. The van der Waals surface area contributed by atoms with Crippen molar-refractivity contribution in [2.75, 3.05) is 5.32 Å². The molecular formula is C23H24N2O5. The van der Waals surface area contributed by atoms with Gasteiger partial charge in [0.15, 0.2) is 12.2 Å². The maximum absolute atomic E-state index is 12.5. The van der Waals surface area contributed by atoms with E-state index in [0.717, 1.165) is 0 Å². The van der Waals surface area contributed by atoms with E-state index in [1.54, 1.807) is 62.4 Å². The highest BCUT2D eigenvalue weighted by atomic mass is 16.6. The second kappa shape index (κ2) is 10.2. The topological polar surface area (TPSA) is 105 Å². The Bertz CT molecular complexity index is 943. The van der Waals surface area contributed by atoms with Crippen LogP contribution in [0.3, 0.4) is 0 Å². The van der Waals surface area contributed by atoms with Gasteiger partial charge in [-0.05, 0) is 62.4 Å². The number of hydrogen-bond donors (Lipinski definition) is 1. The monoisotopic (exact) mass is 408 g/mol. The van der Waals surface area contributed by atoms with Crippen LogP contribution in [0, 0.1) is 17.2 Å². The first-order valence-electron chi connectivity index (χ1n) is 9.53. The van der Waals surface area contributed by atoms with Crippen molar-refractivity contribution in [3.8, 4) is 11.8 Å². The van der Waals surface area contributed by atoms with Crippen LogP contribution in [0.4, 0.5) is 5.69 Å². The van der Waals surface area contributed by atoms with E-state index in [-0.39, 0.29) is 17.6 Å². The van der Waals surface area contributed by atoms with Crippen molar-refractivity contribution in [3.63, 3.8) is 0 Å². The summed E-state index contributed by atoms with van der Waals surface area (Å²) in [7, 11) is 0. The summed E-state index contributed by atoms with van der Waals surface area (Å²) in [6.45, 7) is 6.58. The molecule has 2 rings (SSSR count). The van der Waals surface area contributed by atoms with E-state index in [4.69, 9.17) is 14.7 Å². The number of amides is 1. The number of anilines is 1. The van der Waals surface area contributed by atoms with Crippen LogP contribution in [0.15, 0.2) is 48.5 Å². The second-order valence-corrected chi connectivity index (χ2v) is 7.06. The Labute approximate surface area is 175 Å². The first-order chi connectivity index (χ1) is 14.2. The van der Waals surface area contributed by atoms with Gasteiger partial charge in [0.25, 0.3) is 0 Å². The summed E-state index contributed by atoms with van der Waals surface area (Å²) in [6, 6.07) is 14.7. The Morgan fingerprint density at radius 3 is 2.03 bits per heavy atom. The van der Waals surface area contributed by atoms with Crippen molar-refractivity contribution >= 4 is 23.3 Å². The number of hydrogen-bond acceptors (Lipinski definition) is 6. The van der Waals surface area contributed by atoms with Gasteiger partial charge in [-0.3, -0.25) is 9.59 Å². The molecule has 2 aromatic rings. The maximum atomic E-state index is 12.5. The first kappa shape index (κ1) is 22.6. The average Bonchev–Trinajstić information content (AvgIpc) is 2.74. The number of carbonyl (C=O) groups excluding carboxylic acids is 3. The number of ketones is 1. The minimum absolute atomic E-state index is 0.118. The third-order valence-electron chi connectivity index (χ3n) is 4.25. The highest BCUT2D eigenvalue weighted by Crippen LogP contribution is 2.16. The lowest BCUT2D eigenvalue weighted by Crippen LogP contribution is -2.32. The zero-order valence-corrected chi connectivity index (χ0v) is 17.3. The highest BCUT2D eigenvalue weighted by Gasteiger charge is 2.24. The number of rotatable bonds is 8. The molecule has 0 unspecified atom stereocenters. The van der Waals surface area contributed by atoms with Crippen molar-refractivity contribution in [3.05, 3.63) is 59.7 Å². The fourth-order valence-corrected chi connectivity index (χ4v) is 2.42. The number of ether oxygens (including phenoxy) is 2. The van der Waals surface area contributed by atoms with E-state index in [1.165, 1.54) is 13.8 Å². The van der Waals surface area contributed by atoms with Gasteiger partial charge in [0.1, 0.15) is 5.75 Å². The molecule has 0 saturated heterocycles. The predicted octanol–water partition coefficient (Wildman–Crippen LogP) is 3.73. The highest BCUT2D eigenvalue weighted by molar-refractivity contribution is 6.01. The van der Waals surface area contributed by atoms with Crippen LogP contribution in [-0.2, 0) is 14.3 Å². The van der Waals surface area contributed by atoms with Crippen LogP contribution in [0.1, 0.15) is 43.6 Å². The fourth-order valence-electron chi connectivity index (χ4n) is 2.42. The molecule has 1 N–H and O–H groups in total. The zero-order valence-electron chi connectivity index (χ0n) is 17.3. The molecule has 30 heavy (non-hydrogen) atoms. The molecule has 0 radical (unpaired) electrons. The molecule has 0 spiro atoms. The third kappa shape index (κ3) is 6.17. The van der Waals surface area contributed by atoms with Crippen molar-refractivity contribution in [1.29, 1.82) is 5.26 Å². The van der Waals surface area contributed by atoms with E-state index in [1.807, 2.05) is 6.07 Å². The minimum atomic E-state index is -0.999. The molecule has 0 saturated carbocycles. The lowest BCUT2D eigenvalue weighted by molar-refractivity contribution is -0.153. The van der Waals surface area contributed by atoms with Gasteiger partial charge in [0.2, 0.25) is 11.7 Å². The van der Waals surface area contributed by atoms with Gasteiger partial charge in [-0.15, -0.1) is 0 Å². The number of Topliss-reactive ketones (excluding diaryl/α,β-unsaturated/α-hetero) is 1. The molecule has 0 aliphatic heterocycles. The quantitative estimate of drug-likeness (QED) is 0.527. The van der Waals surface area contributed by atoms with E-state index >= 15 is 0 Å². The van der Waals surface area contributed by atoms with Crippen LogP contribution >= 0.6 is 0 Å². The molecule has 2 atom stereocenters. The molecule has 156 valence electrons. The molecule has 1 amide bonds. The fraction of sp³-hybridized carbons (Fsp3) is 0.304. The Hall–Kier alpha value is -3.66. The van der Waals surface area contributed by atoms with Gasteiger partial charge >= 0.3 is 5.97 Å². The van der Waals surface area contributed by atoms with Crippen LogP contribution < -0.4 is 10.1 Å². The first-order valence-corrected chi connectivity index (χ1v) is 9.53. The van der Waals surface area contributed by atoms with Gasteiger partial charge in [-0.1, -0.05) is 13.8 Å². The van der Waals surface area contributed by atoms with Crippen molar-refractivity contribution in [1.82, 2.24) is 0 Å². The molecule has 0 aliphatic carbocycles. The Morgan fingerprint density at radius 1 is 0.900 bits per heavy atom. The molecule has 0 aromatic heterocycles. The minimum Gasteiger partial charge on any atom is -0.479 e. The van der Waals surface area contributed by atoms with E-state index in [9.17, 15) is 14.4 Å². The van der Waals surface area contributed by atoms with Gasteiger partial charge in [-0.2, -0.15) is 5.26 Å². The number of nitriles is 1. The molecule has 0 heterocycles. The summed E-state index contributed by atoms with van der Waals surface area (Å²) in [5.74, 6) is -0.903. The largest absolute Gasteiger partial charge is 0.479 e. The summed E-state index contributed by atoms with van der Waals surface area (Å²) in [5.41, 5.74) is 1.42. The molecule has 2 aromatic carbocycles. The van der Waals surface area contributed by atoms with Crippen LogP contribution in [0.2, 0.25) is 0 Å². The summed E-state index contributed by atoms with van der Waals surface area (Å²) in [4.78, 5) is 36.5. The van der Waals surface area contributed by atoms with Gasteiger partial charge in [0.05, 0.1) is 11.6 Å². The van der Waals surface area contributed by atoms with E-state index < -0.39 is 18.2 Å². The Morgan fingerprint density at radius 2 is 1.50 bits per heavy atom. The molecule has 7 nitrogen and oxygen atoms in total. The summed E-state index contributed by atoms with van der Waals surface area (Å²) in [5, 5.41) is 11.5. The summed E-state index contributed by atoms with van der Waals surface area (Å²) < 4.78 is 10.7. The van der Waals surface area contributed by atoms with Gasteiger partial charge < -0.3 is 14.8 Å². The van der Waals surface area contributed by atoms with E-state index in [2.05, 4.69) is 5.32 Å². The summed E-state index contributed by atoms with van der Waals surface area (Å²) >= 11 is 0. The van der Waals surface area contributed by atoms with E-state index in [0.29, 0.717) is 22.6 Å². The standard InChI is InChI=1S/C23H24N2O5/c1-14(2)22(27)25-19-9-7-18(8-10-19)21(26)15(3)30-23(28)16(4)29-20-11-5-17(13-24)6-12-20/h5-12,14-16H,1-4H3,(H,25,27)/t15-,16-/m0/s1. The van der Waals surface area contributed by atoms with Gasteiger partial charge in [-0.25, -0.2) is 4.79 Å². The number of nitrogens with one attached hydrogen (secondary N) is 1. The van der Waals surface area contributed by atoms with Crippen molar-refractivity contribution < 1.29 is 23.9 Å². The van der Waals surface area contributed by atoms with Crippen molar-refractivity contribution in [2.45, 2.75) is 39.9 Å². The smallest absolute Gasteiger partial charge is 0.347 e. The second-order valence-electron chi connectivity index (χ2n) is 7.06. The lowest BCUT2D eigenvalue weighted by Gasteiger charge is -2.17. The third-order valence-corrected chi connectivity index (χ3v) is 4.25. The normalized spacial score (nSPS) is 12.4. The van der Waals surface area contributed by atoms with Crippen LogP contribution in [-0.4, -0.2) is 29.9 Å². The van der Waals surface area contributed by atoms with Crippen LogP contribution in [0.25, 0.3) is 0 Å².